The molecule has 0 heterocycles. The van der Waals surface area contributed by atoms with Crippen molar-refractivity contribution in [1.29, 1.82) is 0 Å². The van der Waals surface area contributed by atoms with Crippen LogP contribution in [0.3, 0.4) is 0 Å². The van der Waals surface area contributed by atoms with Gasteiger partial charge in [-0.15, -0.1) is 0 Å². The lowest BCUT2D eigenvalue weighted by atomic mass is 9.99. The first-order valence-electron chi connectivity index (χ1n) is 10.5. The van der Waals surface area contributed by atoms with Crippen LogP contribution < -0.4 is 5.32 Å². The van der Waals surface area contributed by atoms with Gasteiger partial charge in [-0.1, -0.05) is 47.7 Å². The van der Waals surface area contributed by atoms with E-state index in [1.807, 2.05) is 19.1 Å². The largest absolute Gasteiger partial charge is 0.478 e. The molecule has 0 aliphatic heterocycles. The first-order valence-corrected chi connectivity index (χ1v) is 10.5. The molecule has 0 unspecified atom stereocenters. The second-order valence-corrected chi connectivity index (χ2v) is 7.72. The van der Waals surface area contributed by atoms with E-state index in [0.717, 1.165) is 16.7 Å². The smallest absolute Gasteiger partial charge is 0.336 e. The molecule has 2 N–H and O–H groups in total. The molecule has 0 bridgehead atoms. The molecule has 1 amide bonds. The fraction of sp³-hybridized carbons (Fsp3) is 0.0345. The predicted octanol–water partition coefficient (Wildman–Crippen LogP) is 6.15. The Morgan fingerprint density at radius 3 is 2.09 bits per heavy atom. The number of carbonyl (C=O) groups is 2. The van der Waals surface area contributed by atoms with E-state index in [-0.39, 0.29) is 17.3 Å². The molecule has 4 nitrogen and oxygen atoms in total. The van der Waals surface area contributed by atoms with Gasteiger partial charge < -0.3 is 10.4 Å². The summed E-state index contributed by atoms with van der Waals surface area (Å²) in [5.74, 6) is 4.28. The second-order valence-electron chi connectivity index (χ2n) is 7.72. The van der Waals surface area contributed by atoms with Crippen molar-refractivity contribution in [2.45, 2.75) is 6.92 Å². The highest BCUT2D eigenvalue weighted by molar-refractivity contribution is 6.04. The van der Waals surface area contributed by atoms with Crippen LogP contribution in [0.2, 0.25) is 0 Å². The minimum atomic E-state index is -1.08. The van der Waals surface area contributed by atoms with Crippen LogP contribution in [0.5, 0.6) is 0 Å². The standard InChI is InChI=1S/C29H20FNO3/c1-19-2-7-22(8-3-19)28(32)31-26-15-5-20(6-16-26)4-9-24-18-23(12-17-27(24)29(33)34)21-10-13-25(30)14-11-21/h2-3,5-8,10-18H,1H3,(H,31,32)(H,33,34). The van der Waals surface area contributed by atoms with Gasteiger partial charge >= 0.3 is 5.97 Å². The summed E-state index contributed by atoms with van der Waals surface area (Å²) in [6.07, 6.45) is 0. The second kappa shape index (κ2) is 9.85. The molecule has 0 aliphatic rings. The minimum Gasteiger partial charge on any atom is -0.478 e. The average molecular weight is 449 g/mol. The lowest BCUT2D eigenvalue weighted by molar-refractivity contribution is 0.0696. The third-order valence-electron chi connectivity index (χ3n) is 5.23. The van der Waals surface area contributed by atoms with Crippen LogP contribution in [-0.4, -0.2) is 17.0 Å². The van der Waals surface area contributed by atoms with Gasteiger partial charge in [-0.25, -0.2) is 9.18 Å². The molecule has 5 heteroatoms. The van der Waals surface area contributed by atoms with Crippen LogP contribution in [0.25, 0.3) is 11.1 Å². The number of carbonyl (C=O) groups excluding carboxylic acids is 1. The predicted molar refractivity (Wildman–Crippen MR) is 130 cm³/mol. The number of rotatable bonds is 4. The van der Waals surface area contributed by atoms with Gasteiger partial charge in [-0.3, -0.25) is 4.79 Å². The number of benzene rings is 4. The molecule has 4 aromatic carbocycles. The molecular formula is C29H20FNO3. The third-order valence-corrected chi connectivity index (χ3v) is 5.23. The van der Waals surface area contributed by atoms with Crippen LogP contribution in [0, 0.1) is 24.6 Å². The summed E-state index contributed by atoms with van der Waals surface area (Å²) in [5, 5.41) is 12.4. The summed E-state index contributed by atoms with van der Waals surface area (Å²) in [7, 11) is 0. The van der Waals surface area contributed by atoms with Crippen molar-refractivity contribution in [2.24, 2.45) is 0 Å². The van der Waals surface area contributed by atoms with Crippen LogP contribution in [0.1, 0.15) is 37.4 Å². The zero-order valence-electron chi connectivity index (χ0n) is 18.3. The lowest BCUT2D eigenvalue weighted by Crippen LogP contribution is -2.11. The molecule has 0 spiro atoms. The molecule has 0 saturated heterocycles. The zero-order chi connectivity index (χ0) is 24.1. The van der Waals surface area contributed by atoms with Crippen molar-refractivity contribution >= 4 is 17.6 Å². The molecule has 0 atom stereocenters. The highest BCUT2D eigenvalue weighted by Crippen LogP contribution is 2.23. The summed E-state index contributed by atoms with van der Waals surface area (Å²) in [4.78, 5) is 24.0. The maximum atomic E-state index is 13.2. The van der Waals surface area contributed by atoms with Crippen molar-refractivity contribution in [3.63, 3.8) is 0 Å². The number of carboxylic acid groups (broad SMARTS) is 1. The Kier molecular flexibility index (Phi) is 6.52. The fourth-order valence-electron chi connectivity index (χ4n) is 3.34. The van der Waals surface area contributed by atoms with Gasteiger partial charge in [0.25, 0.3) is 5.91 Å². The van der Waals surface area contributed by atoms with E-state index in [0.29, 0.717) is 22.4 Å². The number of anilines is 1. The average Bonchev–Trinajstić information content (AvgIpc) is 2.84. The Morgan fingerprint density at radius 2 is 1.44 bits per heavy atom. The summed E-state index contributed by atoms with van der Waals surface area (Å²) in [6.45, 7) is 1.96. The number of hydrogen-bond donors (Lipinski definition) is 2. The first kappa shape index (κ1) is 22.5. The highest BCUT2D eigenvalue weighted by atomic mass is 19.1. The van der Waals surface area contributed by atoms with E-state index in [9.17, 15) is 19.1 Å². The van der Waals surface area contributed by atoms with Crippen LogP contribution >= 0.6 is 0 Å². The lowest BCUT2D eigenvalue weighted by Gasteiger charge is -2.06. The normalized spacial score (nSPS) is 10.2. The van der Waals surface area contributed by atoms with Crippen LogP contribution in [0.4, 0.5) is 10.1 Å². The quantitative estimate of drug-likeness (QED) is 0.367. The Bertz CT molecular complexity index is 1410. The molecule has 34 heavy (non-hydrogen) atoms. The monoisotopic (exact) mass is 449 g/mol. The van der Waals surface area contributed by atoms with Gasteiger partial charge in [0.15, 0.2) is 0 Å². The van der Waals surface area contributed by atoms with Crippen LogP contribution in [-0.2, 0) is 0 Å². The first-order chi connectivity index (χ1) is 16.4. The fourth-order valence-corrected chi connectivity index (χ4v) is 3.34. The molecular weight excluding hydrogens is 429 g/mol. The molecule has 0 aromatic heterocycles. The maximum Gasteiger partial charge on any atom is 0.336 e. The third kappa shape index (κ3) is 5.37. The van der Waals surface area contributed by atoms with E-state index in [1.165, 1.54) is 18.2 Å². The number of aromatic carboxylic acids is 1. The van der Waals surface area contributed by atoms with Crippen molar-refractivity contribution in [1.82, 2.24) is 0 Å². The maximum absolute atomic E-state index is 13.2. The SMILES string of the molecule is Cc1ccc(C(=O)Nc2ccc(C#Cc3cc(-c4ccc(F)cc4)ccc3C(=O)O)cc2)cc1. The molecule has 0 radical (unpaired) electrons. The Balaban J connectivity index is 1.55. The van der Waals surface area contributed by atoms with Crippen molar-refractivity contribution < 1.29 is 19.1 Å². The number of amides is 1. The Hall–Kier alpha value is -4.69. The van der Waals surface area contributed by atoms with Crippen molar-refractivity contribution in [3.8, 4) is 23.0 Å². The molecule has 0 fully saturated rings. The van der Waals surface area contributed by atoms with Gasteiger partial charge in [0.05, 0.1) is 5.56 Å². The number of carboxylic acids is 1. The summed E-state index contributed by atoms with van der Waals surface area (Å²) >= 11 is 0. The molecule has 0 saturated carbocycles. The molecule has 4 rings (SSSR count). The van der Waals surface area contributed by atoms with E-state index < -0.39 is 5.97 Å². The van der Waals surface area contributed by atoms with E-state index >= 15 is 0 Å². The topological polar surface area (TPSA) is 66.4 Å². The highest BCUT2D eigenvalue weighted by Gasteiger charge is 2.10. The molecule has 4 aromatic rings. The number of nitrogens with one attached hydrogen (secondary N) is 1. The number of halogens is 1. The van der Waals surface area contributed by atoms with Gasteiger partial charge in [0.1, 0.15) is 5.82 Å². The summed E-state index contributed by atoms with van der Waals surface area (Å²) in [6, 6.07) is 25.1. The van der Waals surface area contributed by atoms with E-state index in [2.05, 4.69) is 17.2 Å². The van der Waals surface area contributed by atoms with Crippen LogP contribution in [0.15, 0.2) is 91.0 Å². The minimum absolute atomic E-state index is 0.0837. The van der Waals surface area contributed by atoms with Gasteiger partial charge in [-0.05, 0) is 78.7 Å². The summed E-state index contributed by atoms with van der Waals surface area (Å²) < 4.78 is 13.2. The Labute approximate surface area is 196 Å². The Morgan fingerprint density at radius 1 is 0.794 bits per heavy atom. The van der Waals surface area contributed by atoms with Gasteiger partial charge in [-0.2, -0.15) is 0 Å². The molecule has 0 aliphatic carbocycles. The van der Waals surface area contributed by atoms with Crippen molar-refractivity contribution in [3.05, 3.63) is 125 Å². The number of aryl methyl sites for hydroxylation is 1. The molecule has 166 valence electrons. The van der Waals surface area contributed by atoms with Crippen molar-refractivity contribution in [2.75, 3.05) is 5.32 Å². The summed E-state index contributed by atoms with van der Waals surface area (Å²) in [5.41, 5.74) is 4.87. The van der Waals surface area contributed by atoms with E-state index in [1.54, 1.807) is 60.7 Å². The zero-order valence-corrected chi connectivity index (χ0v) is 18.3. The van der Waals surface area contributed by atoms with Gasteiger partial charge in [0.2, 0.25) is 0 Å². The van der Waals surface area contributed by atoms with Gasteiger partial charge in [0, 0.05) is 22.4 Å². The number of hydrogen-bond acceptors (Lipinski definition) is 2. The van der Waals surface area contributed by atoms with E-state index in [4.69, 9.17) is 0 Å².